The minimum atomic E-state index is -5.00. The molecule has 1 heterocycles. The Morgan fingerprint density at radius 2 is 1.94 bits per heavy atom. The maximum absolute atomic E-state index is 12.4. The van der Waals surface area contributed by atoms with Gasteiger partial charge in [-0.25, -0.2) is 0 Å². The molecule has 0 bridgehead atoms. The standard InChI is InChI=1S/C11H16BF3NO.K/c1-9(2)4-3-5-17-11-6-10(7-16-8-11)12(13,14)15;/h6-9H,3-5H2,1-2H3;/q-1;+1. The van der Waals surface area contributed by atoms with Crippen molar-refractivity contribution in [1.82, 2.24) is 4.98 Å². The van der Waals surface area contributed by atoms with Crippen LogP contribution in [0, 0.1) is 5.92 Å². The molecule has 18 heavy (non-hydrogen) atoms. The first kappa shape index (κ1) is 18.4. The second-order valence-corrected chi connectivity index (χ2v) is 4.41. The summed E-state index contributed by atoms with van der Waals surface area (Å²) < 4.78 is 42.5. The number of hydrogen-bond acceptors (Lipinski definition) is 2. The van der Waals surface area contributed by atoms with E-state index in [1.54, 1.807) is 0 Å². The molecule has 0 N–H and O–H groups in total. The molecule has 2 nitrogen and oxygen atoms in total. The van der Waals surface area contributed by atoms with Gasteiger partial charge in [0.1, 0.15) is 5.75 Å². The fourth-order valence-electron chi connectivity index (χ4n) is 1.38. The molecule has 0 aliphatic heterocycles. The summed E-state index contributed by atoms with van der Waals surface area (Å²) >= 11 is 0. The van der Waals surface area contributed by atoms with Crippen molar-refractivity contribution in [2.75, 3.05) is 6.61 Å². The third-order valence-corrected chi connectivity index (χ3v) is 2.31. The van der Waals surface area contributed by atoms with E-state index in [1.165, 1.54) is 6.20 Å². The molecule has 1 rings (SSSR count). The summed E-state index contributed by atoms with van der Waals surface area (Å²) in [5, 5.41) is 0. The van der Waals surface area contributed by atoms with Gasteiger partial charge < -0.3 is 17.7 Å². The average molecular weight is 285 g/mol. The van der Waals surface area contributed by atoms with Crippen LogP contribution < -0.4 is 61.6 Å². The molecule has 1 aromatic heterocycles. The van der Waals surface area contributed by atoms with Gasteiger partial charge in [-0.1, -0.05) is 19.3 Å². The molecule has 0 spiro atoms. The summed E-state index contributed by atoms with van der Waals surface area (Å²) in [6, 6.07) is 1.00. The molecule has 0 aliphatic carbocycles. The van der Waals surface area contributed by atoms with Crippen LogP contribution in [0.5, 0.6) is 5.75 Å². The fourth-order valence-corrected chi connectivity index (χ4v) is 1.38. The van der Waals surface area contributed by atoms with E-state index in [4.69, 9.17) is 4.74 Å². The maximum atomic E-state index is 12.4. The molecule has 0 amide bonds. The van der Waals surface area contributed by atoms with E-state index in [1.807, 2.05) is 0 Å². The number of rotatable bonds is 6. The van der Waals surface area contributed by atoms with Crippen molar-refractivity contribution in [2.24, 2.45) is 5.92 Å². The largest absolute Gasteiger partial charge is 1.00 e. The van der Waals surface area contributed by atoms with Crippen LogP contribution in [0.4, 0.5) is 12.9 Å². The number of pyridine rings is 1. The summed E-state index contributed by atoms with van der Waals surface area (Å²) in [5.74, 6) is 0.757. The Bertz CT molecular complexity index is 360. The van der Waals surface area contributed by atoms with Crippen molar-refractivity contribution in [3.63, 3.8) is 0 Å². The van der Waals surface area contributed by atoms with Gasteiger partial charge in [0.05, 0.1) is 12.8 Å². The molecule has 1 aromatic rings. The molecular weight excluding hydrogens is 269 g/mol. The zero-order valence-corrected chi connectivity index (χ0v) is 14.1. The topological polar surface area (TPSA) is 22.1 Å². The second kappa shape index (κ2) is 8.58. The molecule has 7 heteroatoms. The zero-order chi connectivity index (χ0) is 12.9. The number of ether oxygens (including phenoxy) is 1. The Morgan fingerprint density at radius 3 is 2.50 bits per heavy atom. The van der Waals surface area contributed by atoms with Crippen LogP contribution in [0.25, 0.3) is 0 Å². The molecule has 0 saturated heterocycles. The van der Waals surface area contributed by atoms with Crippen molar-refractivity contribution >= 4 is 12.4 Å². The normalized spacial score (nSPS) is 11.2. The fraction of sp³-hybridized carbons (Fsp3) is 0.545. The predicted octanol–water partition coefficient (Wildman–Crippen LogP) is -0.0450. The first-order valence-corrected chi connectivity index (χ1v) is 5.67. The minimum Gasteiger partial charge on any atom is -0.492 e. The number of nitrogens with zero attached hydrogens (tertiary/aromatic N) is 1. The summed E-state index contributed by atoms with van der Waals surface area (Å²) in [6.07, 6.45) is 3.96. The van der Waals surface area contributed by atoms with Crippen molar-refractivity contribution in [2.45, 2.75) is 26.7 Å². The Morgan fingerprint density at radius 1 is 1.28 bits per heavy atom. The third kappa shape index (κ3) is 7.13. The van der Waals surface area contributed by atoms with Gasteiger partial charge >= 0.3 is 58.4 Å². The Balaban J connectivity index is 0.00000289. The number of hydrogen-bond donors (Lipinski definition) is 0. The van der Waals surface area contributed by atoms with Gasteiger partial charge in [-0.15, -0.1) is 0 Å². The summed E-state index contributed by atoms with van der Waals surface area (Å²) in [4.78, 5) is 3.54. The van der Waals surface area contributed by atoms with Gasteiger partial charge in [0, 0.05) is 6.20 Å². The molecule has 0 saturated carbocycles. The van der Waals surface area contributed by atoms with Crippen LogP contribution in [-0.2, 0) is 0 Å². The Hall–Kier alpha value is 0.441. The first-order valence-electron chi connectivity index (χ1n) is 5.67. The molecule has 0 radical (unpaired) electrons. The van der Waals surface area contributed by atoms with Gasteiger partial charge in [0.25, 0.3) is 0 Å². The smallest absolute Gasteiger partial charge is 0.492 e. The molecule has 0 aliphatic rings. The molecule has 0 aromatic carbocycles. The maximum Gasteiger partial charge on any atom is 1.00 e. The van der Waals surface area contributed by atoms with Crippen molar-refractivity contribution in [3.05, 3.63) is 18.5 Å². The van der Waals surface area contributed by atoms with Gasteiger partial charge in [-0.2, -0.15) is 0 Å². The Kier molecular flexibility index (Phi) is 8.79. The first-order chi connectivity index (χ1) is 7.89. The van der Waals surface area contributed by atoms with Gasteiger partial charge in [0.2, 0.25) is 0 Å². The van der Waals surface area contributed by atoms with E-state index < -0.39 is 12.4 Å². The second-order valence-electron chi connectivity index (χ2n) is 4.41. The van der Waals surface area contributed by atoms with Crippen LogP contribution in [0.3, 0.4) is 0 Å². The number of halogens is 3. The predicted molar refractivity (Wildman–Crippen MR) is 62.5 cm³/mol. The molecule has 96 valence electrons. The van der Waals surface area contributed by atoms with Crippen LogP contribution in [0.1, 0.15) is 26.7 Å². The zero-order valence-electron chi connectivity index (χ0n) is 11.0. The molecule has 0 atom stereocenters. The minimum absolute atomic E-state index is 0. The quantitative estimate of drug-likeness (QED) is 0.540. The van der Waals surface area contributed by atoms with E-state index in [-0.39, 0.29) is 57.1 Å². The van der Waals surface area contributed by atoms with Crippen LogP contribution in [-0.4, -0.2) is 18.6 Å². The SMILES string of the molecule is CC(C)CCCOc1cncc([B-](F)(F)F)c1.[K+]. The van der Waals surface area contributed by atoms with E-state index in [0.717, 1.165) is 25.1 Å². The van der Waals surface area contributed by atoms with Crippen molar-refractivity contribution < 1.29 is 69.1 Å². The third-order valence-electron chi connectivity index (χ3n) is 2.31. The summed E-state index contributed by atoms with van der Waals surface area (Å²) in [6.45, 7) is -0.394. The van der Waals surface area contributed by atoms with E-state index in [9.17, 15) is 12.9 Å². The monoisotopic (exact) mass is 285 g/mol. The van der Waals surface area contributed by atoms with Crippen LogP contribution >= 0.6 is 0 Å². The van der Waals surface area contributed by atoms with E-state index in [0.29, 0.717) is 12.5 Å². The Labute approximate surface area is 148 Å². The number of aromatic nitrogens is 1. The molecular formula is C11H16BF3KNO. The molecule has 0 unspecified atom stereocenters. The van der Waals surface area contributed by atoms with Crippen LogP contribution in [0.15, 0.2) is 18.5 Å². The average Bonchev–Trinajstić information content (AvgIpc) is 2.23. The van der Waals surface area contributed by atoms with Gasteiger partial charge in [0.15, 0.2) is 0 Å². The summed E-state index contributed by atoms with van der Waals surface area (Å²) in [5.41, 5.74) is -0.716. The van der Waals surface area contributed by atoms with Gasteiger partial charge in [-0.05, 0) is 24.8 Å². The summed E-state index contributed by atoms with van der Waals surface area (Å²) in [7, 11) is 0. The van der Waals surface area contributed by atoms with Crippen LogP contribution in [0.2, 0.25) is 0 Å². The van der Waals surface area contributed by atoms with E-state index in [2.05, 4.69) is 18.8 Å². The van der Waals surface area contributed by atoms with Crippen molar-refractivity contribution in [3.8, 4) is 5.75 Å². The molecule has 0 fully saturated rings. The van der Waals surface area contributed by atoms with Gasteiger partial charge in [-0.3, -0.25) is 4.98 Å². The van der Waals surface area contributed by atoms with E-state index >= 15 is 0 Å². The van der Waals surface area contributed by atoms with Crippen molar-refractivity contribution in [1.29, 1.82) is 0 Å².